The molecule has 0 spiro atoms. The van der Waals surface area contributed by atoms with Crippen molar-refractivity contribution in [3.63, 3.8) is 0 Å². The first-order valence-corrected chi connectivity index (χ1v) is 7.90. The van der Waals surface area contributed by atoms with E-state index in [1.807, 2.05) is 0 Å². The van der Waals surface area contributed by atoms with Crippen LogP contribution in [-0.2, 0) is 4.74 Å². The number of hydrogen-bond donors (Lipinski definition) is 1. The summed E-state index contributed by atoms with van der Waals surface area (Å²) in [5.41, 5.74) is 4.34. The van der Waals surface area contributed by atoms with E-state index in [9.17, 15) is 0 Å². The van der Waals surface area contributed by atoms with Crippen LogP contribution in [0.25, 0.3) is 0 Å². The lowest BCUT2D eigenvalue weighted by molar-refractivity contribution is 0.226. The van der Waals surface area contributed by atoms with Gasteiger partial charge in [-0.15, -0.1) is 0 Å². The van der Waals surface area contributed by atoms with Crippen LogP contribution in [0.5, 0.6) is 0 Å². The lowest BCUT2D eigenvalue weighted by Gasteiger charge is -2.19. The number of allylic oxidation sites excluding steroid dienone is 3. The highest BCUT2D eigenvalue weighted by Crippen LogP contribution is 2.23. The molecule has 0 aromatic heterocycles. The molecule has 110 valence electrons. The van der Waals surface area contributed by atoms with Gasteiger partial charge in [0.25, 0.3) is 0 Å². The first-order valence-electron chi connectivity index (χ1n) is 7.90. The molecule has 0 aliphatic heterocycles. The van der Waals surface area contributed by atoms with Gasteiger partial charge in [0.15, 0.2) is 0 Å². The molecule has 0 amide bonds. The number of hydrogen-bond acceptors (Lipinski definition) is 2. The Morgan fingerprint density at radius 1 is 1.21 bits per heavy atom. The van der Waals surface area contributed by atoms with Crippen molar-refractivity contribution in [2.45, 2.75) is 65.2 Å². The van der Waals surface area contributed by atoms with E-state index in [4.69, 9.17) is 4.74 Å². The number of methoxy groups -OCH3 is 1. The van der Waals surface area contributed by atoms with Gasteiger partial charge in [0, 0.05) is 19.4 Å². The summed E-state index contributed by atoms with van der Waals surface area (Å²) in [6.07, 6.45) is 12.7. The van der Waals surface area contributed by atoms with Crippen molar-refractivity contribution in [3.8, 4) is 0 Å². The number of ether oxygens (including phenoxy) is 1. The molecule has 0 aromatic carbocycles. The molecule has 0 fully saturated rings. The summed E-state index contributed by atoms with van der Waals surface area (Å²) in [6, 6.07) is 0. The molecule has 1 rings (SSSR count). The van der Waals surface area contributed by atoms with Gasteiger partial charge >= 0.3 is 0 Å². The van der Waals surface area contributed by atoms with Crippen LogP contribution in [0.4, 0.5) is 0 Å². The zero-order valence-corrected chi connectivity index (χ0v) is 13.1. The van der Waals surface area contributed by atoms with Gasteiger partial charge in [-0.25, -0.2) is 0 Å². The summed E-state index contributed by atoms with van der Waals surface area (Å²) in [7, 11) is 1.77. The number of nitrogens with one attached hydrogen (secondary N) is 1. The molecule has 0 atom stereocenters. The summed E-state index contributed by atoms with van der Waals surface area (Å²) in [5.74, 6) is 0. The lowest BCUT2D eigenvalue weighted by atomic mass is 9.96. The summed E-state index contributed by atoms with van der Waals surface area (Å²) in [5, 5.41) is 3.68. The first kappa shape index (κ1) is 16.3. The van der Waals surface area contributed by atoms with E-state index < -0.39 is 0 Å². The third-order valence-corrected chi connectivity index (χ3v) is 3.67. The van der Waals surface area contributed by atoms with Gasteiger partial charge in [0.1, 0.15) is 0 Å². The Morgan fingerprint density at radius 3 is 2.63 bits per heavy atom. The first-order chi connectivity index (χ1) is 9.27. The van der Waals surface area contributed by atoms with Crippen LogP contribution in [-0.4, -0.2) is 20.3 Å². The summed E-state index contributed by atoms with van der Waals surface area (Å²) < 4.78 is 5.22. The van der Waals surface area contributed by atoms with Crippen LogP contribution in [0.2, 0.25) is 0 Å². The molecule has 1 N–H and O–H groups in total. The van der Waals surface area contributed by atoms with Gasteiger partial charge in [-0.1, -0.05) is 32.3 Å². The van der Waals surface area contributed by atoms with Crippen molar-refractivity contribution < 1.29 is 4.74 Å². The van der Waals surface area contributed by atoms with E-state index in [-0.39, 0.29) is 0 Å². The van der Waals surface area contributed by atoms with Crippen molar-refractivity contribution in [1.82, 2.24) is 5.32 Å². The number of unbranched alkanes of at least 4 members (excludes halogenated alkanes) is 1. The van der Waals surface area contributed by atoms with Gasteiger partial charge in [-0.2, -0.15) is 0 Å². The largest absolute Gasteiger partial charge is 0.388 e. The minimum absolute atomic E-state index is 0.742. The second kappa shape index (κ2) is 10.1. The average molecular weight is 265 g/mol. The van der Waals surface area contributed by atoms with Gasteiger partial charge in [0.05, 0.1) is 6.61 Å². The predicted octanol–water partition coefficient (Wildman–Crippen LogP) is 4.58. The fourth-order valence-electron chi connectivity index (χ4n) is 2.63. The Kier molecular flexibility index (Phi) is 8.64. The predicted molar refractivity (Wildman–Crippen MR) is 83.3 cm³/mol. The van der Waals surface area contributed by atoms with Crippen LogP contribution in [0.15, 0.2) is 22.9 Å². The minimum Gasteiger partial charge on any atom is -0.388 e. The minimum atomic E-state index is 0.742. The molecule has 0 saturated carbocycles. The molecule has 0 bridgehead atoms. The Hall–Kier alpha value is -0.760. The van der Waals surface area contributed by atoms with Gasteiger partial charge in [-0.05, 0) is 50.2 Å². The highest BCUT2D eigenvalue weighted by molar-refractivity contribution is 5.28. The second-order valence-electron chi connectivity index (χ2n) is 5.62. The molecular formula is C17H31NO. The van der Waals surface area contributed by atoms with E-state index in [2.05, 4.69) is 25.2 Å². The van der Waals surface area contributed by atoms with Crippen molar-refractivity contribution in [2.75, 3.05) is 20.3 Å². The Balaban J connectivity index is 2.76. The molecule has 0 aromatic rings. The standard InChI is InChI=1S/C17H31NO/c1-4-5-12-18-17-11-9-7-6-8-10-16(17)13-15(2)14-19-3/h13,18H,4-12,14H2,1-3H3/b15-13+,17-16-. The fourth-order valence-corrected chi connectivity index (χ4v) is 2.63. The highest BCUT2D eigenvalue weighted by atomic mass is 16.5. The zero-order chi connectivity index (χ0) is 13.9. The Morgan fingerprint density at radius 2 is 1.95 bits per heavy atom. The third kappa shape index (κ3) is 6.81. The molecule has 0 unspecified atom stereocenters. The highest BCUT2D eigenvalue weighted by Gasteiger charge is 2.08. The normalized spacial score (nSPS) is 21.9. The van der Waals surface area contributed by atoms with Crippen LogP contribution >= 0.6 is 0 Å². The lowest BCUT2D eigenvalue weighted by Crippen LogP contribution is -2.17. The molecule has 1 aliphatic rings. The van der Waals surface area contributed by atoms with Crippen LogP contribution in [0.1, 0.15) is 65.2 Å². The maximum atomic E-state index is 5.22. The van der Waals surface area contributed by atoms with Crippen molar-refractivity contribution in [2.24, 2.45) is 0 Å². The molecule has 1 aliphatic carbocycles. The van der Waals surface area contributed by atoms with E-state index in [0.717, 1.165) is 13.2 Å². The molecule has 0 radical (unpaired) electrons. The van der Waals surface area contributed by atoms with Gasteiger partial charge < -0.3 is 10.1 Å². The van der Waals surface area contributed by atoms with Gasteiger partial charge in [0.2, 0.25) is 0 Å². The Bertz CT molecular complexity index is 304. The van der Waals surface area contributed by atoms with E-state index in [0.29, 0.717) is 0 Å². The van der Waals surface area contributed by atoms with E-state index in [1.54, 1.807) is 7.11 Å². The number of rotatable bonds is 7. The van der Waals surface area contributed by atoms with Crippen molar-refractivity contribution in [1.29, 1.82) is 0 Å². The summed E-state index contributed by atoms with van der Waals surface area (Å²) in [4.78, 5) is 0. The third-order valence-electron chi connectivity index (χ3n) is 3.67. The summed E-state index contributed by atoms with van der Waals surface area (Å²) >= 11 is 0. The molecule has 0 heterocycles. The quantitative estimate of drug-likeness (QED) is 0.680. The molecule has 2 nitrogen and oxygen atoms in total. The smallest absolute Gasteiger partial charge is 0.0673 e. The average Bonchev–Trinajstić information content (AvgIpc) is 2.36. The molecule has 0 saturated heterocycles. The van der Waals surface area contributed by atoms with E-state index >= 15 is 0 Å². The zero-order valence-electron chi connectivity index (χ0n) is 13.1. The monoisotopic (exact) mass is 265 g/mol. The maximum Gasteiger partial charge on any atom is 0.0673 e. The summed E-state index contributed by atoms with van der Waals surface area (Å²) in [6.45, 7) is 6.27. The van der Waals surface area contributed by atoms with E-state index in [1.165, 1.54) is 68.2 Å². The molecule has 2 heteroatoms. The van der Waals surface area contributed by atoms with Gasteiger partial charge in [-0.3, -0.25) is 0 Å². The second-order valence-corrected chi connectivity index (χ2v) is 5.62. The fraction of sp³-hybridized carbons (Fsp3) is 0.765. The maximum absolute atomic E-state index is 5.22. The molecule has 19 heavy (non-hydrogen) atoms. The molecular weight excluding hydrogens is 234 g/mol. The SMILES string of the molecule is CCCCN/C1=C(\C=C(/C)COC)CCCCCC1. The van der Waals surface area contributed by atoms with Crippen LogP contribution in [0, 0.1) is 0 Å². The van der Waals surface area contributed by atoms with Crippen LogP contribution in [0.3, 0.4) is 0 Å². The van der Waals surface area contributed by atoms with Crippen molar-refractivity contribution >= 4 is 0 Å². The van der Waals surface area contributed by atoms with Crippen LogP contribution < -0.4 is 5.32 Å². The van der Waals surface area contributed by atoms with Crippen molar-refractivity contribution in [3.05, 3.63) is 22.9 Å². The topological polar surface area (TPSA) is 21.3 Å². The Labute approximate surface area is 119 Å².